The molecule has 5 nitrogen and oxygen atoms in total. The van der Waals surface area contributed by atoms with Gasteiger partial charge in [0, 0.05) is 18.7 Å². The van der Waals surface area contributed by atoms with Gasteiger partial charge in [0.1, 0.15) is 0 Å². The number of hydrogen-bond donors (Lipinski definition) is 0. The molecule has 1 atom stereocenters. The molecule has 4 rings (SSSR count). The Hall–Kier alpha value is -2.60. The molecule has 162 valence electrons. The predicted molar refractivity (Wildman–Crippen MR) is 124 cm³/mol. The monoisotopic (exact) mass is 435 g/mol. The molecule has 1 fully saturated rings. The fraction of sp³-hybridized carbons (Fsp3) is 0.400. The number of rotatable bonds is 6. The Morgan fingerprint density at radius 2 is 1.84 bits per heavy atom. The van der Waals surface area contributed by atoms with Crippen LogP contribution in [-0.2, 0) is 11.2 Å². The summed E-state index contributed by atoms with van der Waals surface area (Å²) >= 11 is 1.34. The molecule has 1 unspecified atom stereocenters. The van der Waals surface area contributed by atoms with Crippen LogP contribution < -0.4 is 0 Å². The Bertz CT molecular complexity index is 1030. The van der Waals surface area contributed by atoms with E-state index in [4.69, 9.17) is 4.42 Å². The first-order valence-electron chi connectivity index (χ1n) is 10.9. The lowest BCUT2D eigenvalue weighted by Gasteiger charge is -2.33. The lowest BCUT2D eigenvalue weighted by Crippen LogP contribution is -2.42. The molecule has 3 aromatic rings. The maximum atomic E-state index is 12.9. The Kier molecular flexibility index (Phi) is 6.76. The van der Waals surface area contributed by atoms with E-state index >= 15 is 0 Å². The molecule has 2 aromatic carbocycles. The SMILES string of the molecule is Cc1ccc(-c2nnc(SC(C)C(=O)N3CCC(Cc4ccccc4)CC3)o2)cc1C. The summed E-state index contributed by atoms with van der Waals surface area (Å²) in [6.07, 6.45) is 3.20. The second kappa shape index (κ2) is 9.69. The minimum absolute atomic E-state index is 0.147. The molecule has 6 heteroatoms. The standard InChI is InChI=1S/C25H29N3O2S/c1-17-9-10-22(15-18(17)2)23-26-27-25(30-23)31-19(3)24(29)28-13-11-21(12-14-28)16-20-7-5-4-6-8-20/h4-10,15,19,21H,11-14,16H2,1-3H3. The minimum Gasteiger partial charge on any atom is -0.411 e. The van der Waals surface area contributed by atoms with Crippen molar-refractivity contribution >= 4 is 17.7 Å². The molecule has 1 aliphatic rings. The van der Waals surface area contributed by atoms with Crippen molar-refractivity contribution in [2.45, 2.75) is 50.5 Å². The molecule has 1 aliphatic heterocycles. The Morgan fingerprint density at radius 3 is 2.55 bits per heavy atom. The number of nitrogens with zero attached hydrogens (tertiary/aromatic N) is 3. The average Bonchev–Trinajstić information content (AvgIpc) is 3.25. The van der Waals surface area contributed by atoms with E-state index < -0.39 is 0 Å². The summed E-state index contributed by atoms with van der Waals surface area (Å²) in [6.45, 7) is 7.70. The number of hydrogen-bond acceptors (Lipinski definition) is 5. The van der Waals surface area contributed by atoms with Crippen molar-refractivity contribution in [1.29, 1.82) is 0 Å². The number of thioether (sulfide) groups is 1. The molecule has 2 heterocycles. The first kappa shape index (κ1) is 21.6. The summed E-state index contributed by atoms with van der Waals surface area (Å²) in [6, 6.07) is 16.7. The lowest BCUT2D eigenvalue weighted by molar-refractivity contribution is -0.131. The maximum absolute atomic E-state index is 12.9. The fourth-order valence-corrected chi connectivity index (χ4v) is 4.78. The zero-order valence-electron chi connectivity index (χ0n) is 18.4. The molecule has 0 bridgehead atoms. The van der Waals surface area contributed by atoms with Crippen LogP contribution in [-0.4, -0.2) is 39.3 Å². The second-order valence-electron chi connectivity index (χ2n) is 8.39. The van der Waals surface area contributed by atoms with Gasteiger partial charge < -0.3 is 9.32 Å². The minimum atomic E-state index is -0.251. The summed E-state index contributed by atoms with van der Waals surface area (Å²) in [7, 11) is 0. The molecule has 1 saturated heterocycles. The van der Waals surface area contributed by atoms with Gasteiger partial charge in [-0.25, -0.2) is 0 Å². The van der Waals surface area contributed by atoms with Gasteiger partial charge in [-0.05, 0) is 74.8 Å². The van der Waals surface area contributed by atoms with Gasteiger partial charge in [0.2, 0.25) is 11.8 Å². The molecule has 0 radical (unpaired) electrons. The highest BCUT2D eigenvalue weighted by molar-refractivity contribution is 8.00. The number of carbonyl (C=O) groups excluding carboxylic acids is 1. The van der Waals surface area contributed by atoms with Crippen LogP contribution in [0.25, 0.3) is 11.5 Å². The van der Waals surface area contributed by atoms with Crippen molar-refractivity contribution in [3.63, 3.8) is 0 Å². The number of aromatic nitrogens is 2. The number of benzene rings is 2. The van der Waals surface area contributed by atoms with E-state index in [1.54, 1.807) is 0 Å². The van der Waals surface area contributed by atoms with Crippen LogP contribution in [0.2, 0.25) is 0 Å². The molecular formula is C25H29N3O2S. The maximum Gasteiger partial charge on any atom is 0.277 e. The van der Waals surface area contributed by atoms with Crippen LogP contribution in [0.15, 0.2) is 58.2 Å². The Labute approximate surface area is 188 Å². The Morgan fingerprint density at radius 1 is 1.10 bits per heavy atom. The summed E-state index contributed by atoms with van der Waals surface area (Å²) in [5.74, 6) is 1.28. The zero-order valence-corrected chi connectivity index (χ0v) is 19.2. The van der Waals surface area contributed by atoms with E-state index in [1.807, 2.05) is 24.0 Å². The van der Waals surface area contributed by atoms with Gasteiger partial charge in [-0.3, -0.25) is 4.79 Å². The van der Waals surface area contributed by atoms with Crippen LogP contribution in [0.4, 0.5) is 0 Å². The van der Waals surface area contributed by atoms with E-state index in [1.165, 1.54) is 28.5 Å². The largest absolute Gasteiger partial charge is 0.411 e. The quantitative estimate of drug-likeness (QED) is 0.491. The molecular weight excluding hydrogens is 406 g/mol. The number of piperidine rings is 1. The van der Waals surface area contributed by atoms with E-state index in [0.717, 1.165) is 37.9 Å². The van der Waals surface area contributed by atoms with Crippen molar-refractivity contribution in [3.05, 3.63) is 65.2 Å². The normalized spacial score (nSPS) is 15.8. The van der Waals surface area contributed by atoms with Gasteiger partial charge in [-0.1, -0.05) is 48.2 Å². The molecule has 0 N–H and O–H groups in total. The second-order valence-corrected chi connectivity index (χ2v) is 9.68. The molecule has 0 spiro atoms. The highest BCUT2D eigenvalue weighted by Gasteiger charge is 2.28. The third-order valence-corrected chi connectivity index (χ3v) is 7.00. The first-order valence-corrected chi connectivity index (χ1v) is 11.8. The molecule has 0 saturated carbocycles. The van der Waals surface area contributed by atoms with E-state index in [0.29, 0.717) is 17.0 Å². The first-order chi connectivity index (χ1) is 15.0. The van der Waals surface area contributed by atoms with Crippen LogP contribution in [0.5, 0.6) is 0 Å². The molecule has 1 amide bonds. The third-order valence-electron chi connectivity index (χ3n) is 6.08. The van der Waals surface area contributed by atoms with Crippen LogP contribution in [0.3, 0.4) is 0 Å². The van der Waals surface area contributed by atoms with Gasteiger partial charge in [0.15, 0.2) is 0 Å². The molecule has 31 heavy (non-hydrogen) atoms. The third kappa shape index (κ3) is 5.37. The predicted octanol–water partition coefficient (Wildman–Crippen LogP) is 5.32. The van der Waals surface area contributed by atoms with Crippen LogP contribution in [0, 0.1) is 19.8 Å². The summed E-state index contributed by atoms with van der Waals surface area (Å²) in [5.41, 5.74) is 4.70. The van der Waals surface area contributed by atoms with Gasteiger partial charge in [-0.2, -0.15) is 0 Å². The van der Waals surface area contributed by atoms with Crippen molar-refractivity contribution in [2.75, 3.05) is 13.1 Å². The smallest absolute Gasteiger partial charge is 0.277 e. The lowest BCUT2D eigenvalue weighted by atomic mass is 9.90. The summed E-state index contributed by atoms with van der Waals surface area (Å²) in [4.78, 5) is 14.9. The van der Waals surface area contributed by atoms with Gasteiger partial charge in [-0.15, -0.1) is 10.2 Å². The number of aryl methyl sites for hydroxylation is 2. The number of amides is 1. The van der Waals surface area contributed by atoms with Crippen LogP contribution >= 0.6 is 11.8 Å². The highest BCUT2D eigenvalue weighted by atomic mass is 32.2. The van der Waals surface area contributed by atoms with E-state index in [2.05, 4.69) is 60.4 Å². The topological polar surface area (TPSA) is 59.2 Å². The summed E-state index contributed by atoms with van der Waals surface area (Å²) in [5, 5.41) is 8.50. The Balaban J connectivity index is 1.30. The van der Waals surface area contributed by atoms with Crippen molar-refractivity contribution in [1.82, 2.24) is 15.1 Å². The molecule has 0 aliphatic carbocycles. The number of likely N-dealkylation sites (tertiary alicyclic amines) is 1. The van der Waals surface area contributed by atoms with E-state index in [9.17, 15) is 4.79 Å². The average molecular weight is 436 g/mol. The van der Waals surface area contributed by atoms with Gasteiger partial charge in [0.05, 0.1) is 5.25 Å². The van der Waals surface area contributed by atoms with Crippen molar-refractivity contribution in [2.24, 2.45) is 5.92 Å². The summed E-state index contributed by atoms with van der Waals surface area (Å²) < 4.78 is 5.83. The fourth-order valence-electron chi connectivity index (χ4n) is 4.01. The van der Waals surface area contributed by atoms with Gasteiger partial charge >= 0.3 is 0 Å². The zero-order chi connectivity index (χ0) is 21.8. The van der Waals surface area contributed by atoms with Crippen molar-refractivity contribution < 1.29 is 9.21 Å². The highest BCUT2D eigenvalue weighted by Crippen LogP contribution is 2.29. The van der Waals surface area contributed by atoms with Crippen LogP contribution in [0.1, 0.15) is 36.5 Å². The number of carbonyl (C=O) groups is 1. The van der Waals surface area contributed by atoms with Gasteiger partial charge in [0.25, 0.3) is 5.22 Å². The molecule has 1 aromatic heterocycles. The van der Waals surface area contributed by atoms with Crippen molar-refractivity contribution in [3.8, 4) is 11.5 Å². The van der Waals surface area contributed by atoms with E-state index in [-0.39, 0.29) is 11.2 Å².